The second-order valence-electron chi connectivity index (χ2n) is 3.23. The normalized spacial score (nSPS) is 46.4. The Hall–Kier alpha value is -0.240. The second kappa shape index (κ2) is 3.87. The van der Waals surface area contributed by atoms with E-state index in [4.69, 9.17) is 15.6 Å². The fraction of sp³-hybridized carbons (Fsp3) is 1.00. The topological polar surface area (TPSA) is 116 Å². The van der Waals surface area contributed by atoms with Crippen LogP contribution in [0.1, 0.15) is 6.42 Å². The molecule has 1 saturated heterocycles. The Balaban J connectivity index is 2.71. The molecule has 0 spiro atoms. The van der Waals surface area contributed by atoms with Crippen molar-refractivity contribution in [3.63, 3.8) is 0 Å². The lowest BCUT2D eigenvalue weighted by Gasteiger charge is -2.41. The first kappa shape index (κ1) is 10.8. The van der Waals surface area contributed by atoms with Crippen molar-refractivity contribution in [3.05, 3.63) is 0 Å². The molecule has 1 rings (SSSR count). The van der Waals surface area contributed by atoms with Crippen LogP contribution in [-0.2, 0) is 4.74 Å². The Labute approximate surface area is 75.6 Å². The molecule has 13 heavy (non-hydrogen) atoms. The van der Waals surface area contributed by atoms with Gasteiger partial charge in [-0.15, -0.1) is 0 Å². The summed E-state index contributed by atoms with van der Waals surface area (Å²) in [6.07, 6.45) is -3.02. The average molecular weight is 193 g/mol. The minimum absolute atomic E-state index is 0.117. The number of aliphatic hydroxyl groups is 4. The maximum Gasteiger partial charge on any atom is 0.218 e. The van der Waals surface area contributed by atoms with Gasteiger partial charge in [0, 0.05) is 13.0 Å². The zero-order valence-corrected chi connectivity index (χ0v) is 7.13. The summed E-state index contributed by atoms with van der Waals surface area (Å²) in [5.74, 6) is -2.10. The van der Waals surface area contributed by atoms with Gasteiger partial charge in [-0.1, -0.05) is 0 Å². The molecular weight excluding hydrogens is 178 g/mol. The zero-order chi connectivity index (χ0) is 10.1. The molecule has 0 radical (unpaired) electrons. The van der Waals surface area contributed by atoms with Gasteiger partial charge in [0.1, 0.15) is 6.10 Å². The van der Waals surface area contributed by atoms with Crippen LogP contribution in [0.4, 0.5) is 0 Å². The van der Waals surface area contributed by atoms with E-state index >= 15 is 0 Å². The van der Waals surface area contributed by atoms with Crippen LogP contribution in [0, 0.1) is 0 Å². The maximum absolute atomic E-state index is 9.48. The SMILES string of the molecule is NCC1CC(O)C(O)C(O)(CO)O1. The van der Waals surface area contributed by atoms with Gasteiger partial charge < -0.3 is 30.9 Å². The van der Waals surface area contributed by atoms with E-state index in [9.17, 15) is 15.3 Å². The van der Waals surface area contributed by atoms with Crippen molar-refractivity contribution in [1.29, 1.82) is 0 Å². The summed E-state index contributed by atoms with van der Waals surface area (Å²) in [5.41, 5.74) is 5.28. The molecule has 1 aliphatic rings. The summed E-state index contributed by atoms with van der Waals surface area (Å²) in [7, 11) is 0. The molecule has 0 saturated carbocycles. The van der Waals surface area contributed by atoms with Gasteiger partial charge in [-0.25, -0.2) is 0 Å². The Morgan fingerprint density at radius 2 is 2.08 bits per heavy atom. The van der Waals surface area contributed by atoms with Crippen LogP contribution in [0.3, 0.4) is 0 Å². The lowest BCUT2D eigenvalue weighted by atomic mass is 9.95. The summed E-state index contributed by atoms with van der Waals surface area (Å²) < 4.78 is 4.93. The number of hydrogen-bond acceptors (Lipinski definition) is 6. The standard InChI is InChI=1S/C7H15NO5/c8-2-4-1-5(10)6(11)7(12,3-9)13-4/h4-6,9-12H,1-3,8H2. The van der Waals surface area contributed by atoms with Crippen LogP contribution >= 0.6 is 0 Å². The molecule has 6 N–H and O–H groups in total. The van der Waals surface area contributed by atoms with Crippen molar-refractivity contribution in [2.45, 2.75) is 30.5 Å². The molecule has 6 nitrogen and oxygen atoms in total. The predicted molar refractivity (Wildman–Crippen MR) is 42.6 cm³/mol. The lowest BCUT2D eigenvalue weighted by Crippen LogP contribution is -2.61. The smallest absolute Gasteiger partial charge is 0.218 e. The third-order valence-electron chi connectivity index (χ3n) is 2.19. The first-order valence-electron chi connectivity index (χ1n) is 4.10. The second-order valence-corrected chi connectivity index (χ2v) is 3.23. The van der Waals surface area contributed by atoms with E-state index in [1.807, 2.05) is 0 Å². The van der Waals surface area contributed by atoms with Crippen molar-refractivity contribution in [1.82, 2.24) is 0 Å². The fourth-order valence-corrected chi connectivity index (χ4v) is 1.38. The summed E-state index contributed by atoms with van der Waals surface area (Å²) in [4.78, 5) is 0. The van der Waals surface area contributed by atoms with E-state index in [1.165, 1.54) is 0 Å². The van der Waals surface area contributed by atoms with Gasteiger partial charge in [-0.2, -0.15) is 0 Å². The van der Waals surface area contributed by atoms with Crippen LogP contribution in [0.25, 0.3) is 0 Å². The molecule has 4 unspecified atom stereocenters. The van der Waals surface area contributed by atoms with E-state index < -0.39 is 30.7 Å². The molecular formula is C7H15NO5. The maximum atomic E-state index is 9.48. The van der Waals surface area contributed by atoms with Crippen LogP contribution in [0.5, 0.6) is 0 Å². The van der Waals surface area contributed by atoms with Crippen LogP contribution in [0.2, 0.25) is 0 Å². The quantitative estimate of drug-likeness (QED) is 0.322. The fourth-order valence-electron chi connectivity index (χ4n) is 1.38. The minimum atomic E-state index is -2.10. The highest BCUT2D eigenvalue weighted by molar-refractivity contribution is 4.90. The van der Waals surface area contributed by atoms with Crippen LogP contribution < -0.4 is 5.73 Å². The third kappa shape index (κ3) is 1.98. The molecule has 78 valence electrons. The van der Waals surface area contributed by atoms with Gasteiger partial charge in [-0.05, 0) is 0 Å². The summed E-state index contributed by atoms with van der Waals surface area (Å²) in [6.45, 7) is -0.659. The molecule has 0 amide bonds. The monoisotopic (exact) mass is 193 g/mol. The highest BCUT2D eigenvalue weighted by Crippen LogP contribution is 2.26. The number of aliphatic hydroxyl groups excluding tert-OH is 3. The molecule has 6 heteroatoms. The number of ether oxygens (including phenoxy) is 1. The molecule has 1 heterocycles. The van der Waals surface area contributed by atoms with Gasteiger partial charge in [0.2, 0.25) is 5.79 Å². The van der Waals surface area contributed by atoms with E-state index in [0.717, 1.165) is 0 Å². The van der Waals surface area contributed by atoms with E-state index in [1.54, 1.807) is 0 Å². The highest BCUT2D eigenvalue weighted by atomic mass is 16.7. The molecule has 0 aromatic rings. The van der Waals surface area contributed by atoms with E-state index in [-0.39, 0.29) is 13.0 Å². The van der Waals surface area contributed by atoms with Crippen molar-refractivity contribution in [2.75, 3.05) is 13.2 Å². The Morgan fingerprint density at radius 3 is 2.54 bits per heavy atom. The van der Waals surface area contributed by atoms with E-state index in [2.05, 4.69) is 0 Å². The summed E-state index contributed by atoms with van der Waals surface area (Å²) >= 11 is 0. The number of rotatable bonds is 2. The van der Waals surface area contributed by atoms with Gasteiger partial charge >= 0.3 is 0 Å². The molecule has 0 aliphatic carbocycles. The largest absolute Gasteiger partial charge is 0.391 e. The molecule has 1 aliphatic heterocycles. The van der Waals surface area contributed by atoms with Crippen LogP contribution in [0.15, 0.2) is 0 Å². The zero-order valence-electron chi connectivity index (χ0n) is 7.13. The Bertz CT molecular complexity index is 178. The van der Waals surface area contributed by atoms with Crippen molar-refractivity contribution in [2.24, 2.45) is 5.73 Å². The summed E-state index contributed by atoms with van der Waals surface area (Å²) in [5, 5.41) is 36.8. The molecule has 0 aromatic heterocycles. The van der Waals surface area contributed by atoms with Gasteiger partial charge in [0.25, 0.3) is 0 Å². The van der Waals surface area contributed by atoms with Crippen LogP contribution in [-0.4, -0.2) is 57.7 Å². The van der Waals surface area contributed by atoms with Crippen molar-refractivity contribution in [3.8, 4) is 0 Å². The lowest BCUT2D eigenvalue weighted by molar-refractivity contribution is -0.330. The highest BCUT2D eigenvalue weighted by Gasteiger charge is 2.47. The summed E-state index contributed by atoms with van der Waals surface area (Å²) in [6, 6.07) is 0. The average Bonchev–Trinajstić information content (AvgIpc) is 2.13. The molecule has 1 fully saturated rings. The molecule has 0 bridgehead atoms. The molecule has 4 atom stereocenters. The van der Waals surface area contributed by atoms with Crippen molar-refractivity contribution < 1.29 is 25.2 Å². The Kier molecular flexibility index (Phi) is 3.23. The number of nitrogens with two attached hydrogens (primary N) is 1. The molecule has 0 aromatic carbocycles. The van der Waals surface area contributed by atoms with Crippen molar-refractivity contribution >= 4 is 0 Å². The predicted octanol–water partition coefficient (Wildman–Crippen LogP) is -2.86. The first-order chi connectivity index (χ1) is 6.03. The van der Waals surface area contributed by atoms with Gasteiger partial charge in [0.15, 0.2) is 0 Å². The number of hydrogen-bond donors (Lipinski definition) is 5. The first-order valence-corrected chi connectivity index (χ1v) is 4.10. The van der Waals surface area contributed by atoms with Gasteiger partial charge in [-0.3, -0.25) is 0 Å². The van der Waals surface area contributed by atoms with E-state index in [0.29, 0.717) is 0 Å². The van der Waals surface area contributed by atoms with Gasteiger partial charge in [0.05, 0.1) is 18.8 Å². The third-order valence-corrected chi connectivity index (χ3v) is 2.19. The Morgan fingerprint density at radius 1 is 1.46 bits per heavy atom. The minimum Gasteiger partial charge on any atom is -0.391 e.